The molecule has 4 rings (SSSR count). The van der Waals surface area contributed by atoms with Crippen LogP contribution in [-0.2, 0) is 18.7 Å². The molecule has 0 amide bonds. The third-order valence-electron chi connectivity index (χ3n) is 4.46. The van der Waals surface area contributed by atoms with E-state index in [0.717, 1.165) is 47.3 Å². The fourth-order valence-corrected chi connectivity index (χ4v) is 4.20. The molecule has 1 aliphatic heterocycles. The van der Waals surface area contributed by atoms with Crippen LogP contribution in [0.2, 0.25) is 0 Å². The summed E-state index contributed by atoms with van der Waals surface area (Å²) in [6.45, 7) is 2.75. The van der Waals surface area contributed by atoms with Crippen molar-refractivity contribution in [3.05, 3.63) is 27.8 Å². The van der Waals surface area contributed by atoms with Gasteiger partial charge in [0.2, 0.25) is 17.2 Å². The Morgan fingerprint density at radius 3 is 3.08 bits per heavy atom. The van der Waals surface area contributed by atoms with Gasteiger partial charge in [-0.2, -0.15) is 16.7 Å². The minimum absolute atomic E-state index is 0.135. The first-order valence-corrected chi connectivity index (χ1v) is 9.35. The number of furan rings is 1. The van der Waals surface area contributed by atoms with Crippen molar-refractivity contribution in [2.24, 2.45) is 0 Å². The molecule has 1 aliphatic rings. The summed E-state index contributed by atoms with van der Waals surface area (Å²) in [6.07, 6.45) is 4.49. The molecule has 7 heteroatoms. The minimum Gasteiger partial charge on any atom is -0.481 e. The van der Waals surface area contributed by atoms with Crippen LogP contribution in [0.3, 0.4) is 0 Å². The molecule has 126 valence electrons. The lowest BCUT2D eigenvalue weighted by atomic mass is 10.0. The number of hydrogen-bond acceptors (Lipinski definition) is 6. The molecule has 0 radical (unpaired) electrons. The van der Waals surface area contributed by atoms with Crippen LogP contribution >= 0.6 is 11.8 Å². The zero-order valence-corrected chi connectivity index (χ0v) is 14.6. The standard InChI is InChI=1S/C17H19N3O3S/c1-3-4-6-20-9-18-13-12-10-5-7-24-8-11(10)15(22-2)19-16(12)23-14(13)17(20)21/h9H,3-8H2,1-2H3. The maximum absolute atomic E-state index is 12.7. The van der Waals surface area contributed by atoms with Gasteiger partial charge in [0, 0.05) is 17.9 Å². The van der Waals surface area contributed by atoms with Crippen molar-refractivity contribution in [2.75, 3.05) is 12.9 Å². The molecule has 4 heterocycles. The van der Waals surface area contributed by atoms with E-state index in [1.807, 2.05) is 11.8 Å². The number of ether oxygens (including phenoxy) is 1. The van der Waals surface area contributed by atoms with Crippen LogP contribution in [0.1, 0.15) is 30.9 Å². The second-order valence-electron chi connectivity index (χ2n) is 5.94. The molecule has 0 saturated carbocycles. The molecule has 0 bridgehead atoms. The Morgan fingerprint density at radius 2 is 2.29 bits per heavy atom. The second-order valence-corrected chi connectivity index (χ2v) is 7.04. The molecule has 0 aromatic carbocycles. The number of thioether (sulfide) groups is 1. The van der Waals surface area contributed by atoms with E-state index in [0.29, 0.717) is 29.2 Å². The number of rotatable bonds is 4. The molecule has 0 aliphatic carbocycles. The van der Waals surface area contributed by atoms with E-state index in [1.165, 1.54) is 0 Å². The summed E-state index contributed by atoms with van der Waals surface area (Å²) in [5, 5.41) is 0.876. The first kappa shape index (κ1) is 15.5. The molecule has 0 atom stereocenters. The van der Waals surface area contributed by atoms with Crippen LogP contribution in [0.25, 0.3) is 22.2 Å². The van der Waals surface area contributed by atoms with Gasteiger partial charge in [-0.15, -0.1) is 0 Å². The van der Waals surface area contributed by atoms with Crippen molar-refractivity contribution in [2.45, 2.75) is 38.5 Å². The van der Waals surface area contributed by atoms with Crippen LogP contribution in [0.4, 0.5) is 0 Å². The van der Waals surface area contributed by atoms with Gasteiger partial charge >= 0.3 is 0 Å². The Kier molecular flexibility index (Phi) is 3.96. The number of aryl methyl sites for hydroxylation is 2. The van der Waals surface area contributed by atoms with Gasteiger partial charge in [-0.1, -0.05) is 13.3 Å². The summed E-state index contributed by atoms with van der Waals surface area (Å²) < 4.78 is 12.9. The Labute approximate surface area is 143 Å². The van der Waals surface area contributed by atoms with Gasteiger partial charge in [-0.3, -0.25) is 9.36 Å². The number of methoxy groups -OCH3 is 1. The van der Waals surface area contributed by atoms with Gasteiger partial charge in [-0.25, -0.2) is 4.98 Å². The summed E-state index contributed by atoms with van der Waals surface area (Å²) in [6, 6.07) is 0. The molecule has 0 saturated heterocycles. The second kappa shape index (κ2) is 6.12. The van der Waals surface area contributed by atoms with E-state index < -0.39 is 0 Å². The van der Waals surface area contributed by atoms with Gasteiger partial charge in [0.05, 0.1) is 18.8 Å². The lowest BCUT2D eigenvalue weighted by Gasteiger charge is -2.17. The Hall–Kier alpha value is -2.02. The highest BCUT2D eigenvalue weighted by Crippen LogP contribution is 2.38. The van der Waals surface area contributed by atoms with Crippen molar-refractivity contribution in [3.8, 4) is 5.88 Å². The topological polar surface area (TPSA) is 70.2 Å². The van der Waals surface area contributed by atoms with Crippen molar-refractivity contribution >= 4 is 34.0 Å². The highest BCUT2D eigenvalue weighted by atomic mass is 32.2. The Morgan fingerprint density at radius 1 is 1.42 bits per heavy atom. The molecule has 3 aromatic heterocycles. The van der Waals surface area contributed by atoms with Crippen molar-refractivity contribution in [1.82, 2.24) is 14.5 Å². The number of fused-ring (bicyclic) bond motifs is 5. The zero-order chi connectivity index (χ0) is 16.7. The maximum atomic E-state index is 12.7. The monoisotopic (exact) mass is 345 g/mol. The molecule has 0 unspecified atom stereocenters. The molecule has 0 fully saturated rings. The highest BCUT2D eigenvalue weighted by molar-refractivity contribution is 7.98. The average molecular weight is 345 g/mol. The molecule has 6 nitrogen and oxygen atoms in total. The number of nitrogens with zero attached hydrogens (tertiary/aromatic N) is 3. The molecule has 0 spiro atoms. The third kappa shape index (κ3) is 2.30. The lowest BCUT2D eigenvalue weighted by molar-refractivity contribution is 0.393. The predicted octanol–water partition coefficient (Wildman–Crippen LogP) is 3.14. The summed E-state index contributed by atoms with van der Waals surface area (Å²) in [4.78, 5) is 21.7. The Bertz CT molecular complexity index is 977. The van der Waals surface area contributed by atoms with E-state index >= 15 is 0 Å². The number of pyridine rings is 1. The third-order valence-corrected chi connectivity index (χ3v) is 5.45. The fraction of sp³-hybridized carbons (Fsp3) is 0.471. The van der Waals surface area contributed by atoms with Crippen molar-refractivity contribution in [1.29, 1.82) is 0 Å². The zero-order valence-electron chi connectivity index (χ0n) is 13.8. The fourth-order valence-electron chi connectivity index (χ4n) is 3.21. The SMILES string of the molecule is CCCCn1cnc2c(oc3nc(OC)c4c(c32)CCSC4)c1=O. The number of hydrogen-bond donors (Lipinski definition) is 0. The predicted molar refractivity (Wildman–Crippen MR) is 94.9 cm³/mol. The largest absolute Gasteiger partial charge is 0.481 e. The van der Waals surface area contributed by atoms with Gasteiger partial charge in [0.1, 0.15) is 5.52 Å². The Balaban J connectivity index is 2.01. The van der Waals surface area contributed by atoms with E-state index in [9.17, 15) is 4.79 Å². The quantitative estimate of drug-likeness (QED) is 0.723. The maximum Gasteiger partial charge on any atom is 0.297 e. The van der Waals surface area contributed by atoms with Crippen LogP contribution < -0.4 is 10.3 Å². The van der Waals surface area contributed by atoms with E-state index in [1.54, 1.807) is 18.0 Å². The highest BCUT2D eigenvalue weighted by Gasteiger charge is 2.25. The molecular weight excluding hydrogens is 326 g/mol. The normalized spacial score (nSPS) is 14.2. The van der Waals surface area contributed by atoms with E-state index in [2.05, 4.69) is 16.9 Å². The molecular formula is C17H19N3O3S. The molecule has 3 aromatic rings. The van der Waals surface area contributed by atoms with Crippen LogP contribution in [0, 0.1) is 0 Å². The van der Waals surface area contributed by atoms with Crippen molar-refractivity contribution in [3.63, 3.8) is 0 Å². The summed E-state index contributed by atoms with van der Waals surface area (Å²) in [7, 11) is 1.62. The van der Waals surface area contributed by atoms with Gasteiger partial charge < -0.3 is 9.15 Å². The van der Waals surface area contributed by atoms with Gasteiger partial charge in [0.15, 0.2) is 0 Å². The summed E-state index contributed by atoms with van der Waals surface area (Å²) in [5.74, 6) is 2.49. The van der Waals surface area contributed by atoms with Crippen LogP contribution in [0.5, 0.6) is 5.88 Å². The first-order chi connectivity index (χ1) is 11.7. The van der Waals surface area contributed by atoms with E-state index in [4.69, 9.17) is 9.15 Å². The van der Waals surface area contributed by atoms with E-state index in [-0.39, 0.29) is 5.56 Å². The molecule has 24 heavy (non-hydrogen) atoms. The lowest BCUT2D eigenvalue weighted by Crippen LogP contribution is -2.20. The number of unbranched alkanes of at least 4 members (excludes halogenated alkanes) is 1. The summed E-state index contributed by atoms with van der Waals surface area (Å²) >= 11 is 1.86. The van der Waals surface area contributed by atoms with Crippen LogP contribution in [-0.4, -0.2) is 27.4 Å². The molecule has 0 N–H and O–H groups in total. The van der Waals surface area contributed by atoms with Gasteiger partial charge in [-0.05, 0) is 24.2 Å². The minimum atomic E-state index is -0.135. The summed E-state index contributed by atoms with van der Waals surface area (Å²) in [5.41, 5.74) is 3.49. The first-order valence-electron chi connectivity index (χ1n) is 8.19. The smallest absolute Gasteiger partial charge is 0.297 e. The van der Waals surface area contributed by atoms with Gasteiger partial charge in [0.25, 0.3) is 5.56 Å². The number of aromatic nitrogens is 3. The average Bonchev–Trinajstić information content (AvgIpc) is 3.00. The van der Waals surface area contributed by atoms with Crippen LogP contribution in [0.15, 0.2) is 15.5 Å². The van der Waals surface area contributed by atoms with Crippen molar-refractivity contribution < 1.29 is 9.15 Å².